The lowest BCUT2D eigenvalue weighted by Crippen LogP contribution is -2.48. The highest BCUT2D eigenvalue weighted by Gasteiger charge is 2.40. The van der Waals surface area contributed by atoms with Crippen LogP contribution in [0.5, 0.6) is 0 Å². The van der Waals surface area contributed by atoms with Crippen LogP contribution in [0.4, 0.5) is 17.6 Å². The van der Waals surface area contributed by atoms with Crippen molar-refractivity contribution in [3.8, 4) is 0 Å². The van der Waals surface area contributed by atoms with Gasteiger partial charge >= 0.3 is 12.3 Å². The summed E-state index contributed by atoms with van der Waals surface area (Å²) in [6.45, 7) is 3.93. The van der Waals surface area contributed by atoms with Gasteiger partial charge in [0.25, 0.3) is 5.91 Å². The number of hydrogen-bond donors (Lipinski definition) is 0. The van der Waals surface area contributed by atoms with Crippen LogP contribution in [-0.2, 0) is 17.9 Å². The van der Waals surface area contributed by atoms with E-state index >= 15 is 0 Å². The van der Waals surface area contributed by atoms with Gasteiger partial charge in [-0.15, -0.1) is 0 Å². The van der Waals surface area contributed by atoms with Crippen molar-refractivity contribution in [2.45, 2.75) is 32.4 Å². The topological polar surface area (TPSA) is 32.8 Å². The van der Waals surface area contributed by atoms with Crippen LogP contribution >= 0.6 is 0 Å². The van der Waals surface area contributed by atoms with Gasteiger partial charge < -0.3 is 9.64 Å². The fourth-order valence-electron chi connectivity index (χ4n) is 3.41. The van der Waals surface area contributed by atoms with Crippen LogP contribution in [0.15, 0.2) is 48.5 Å². The molecule has 2 aromatic rings. The fraction of sp³-hybridized carbons (Fsp3) is 0.435. The summed E-state index contributed by atoms with van der Waals surface area (Å²) in [6.07, 6.45) is -3.77. The van der Waals surface area contributed by atoms with Crippen LogP contribution < -0.4 is 0 Å². The standard InChI is InChI=1S/C23H26F4N2O2/c1-17-5-7-18(8-6-17)14-28-9-11-29(12-10-28)21(30)20-4-2-3-19(13-20)15-31-16-23(26,27)22(24)25/h2-8,13,22H,9-12,14-16H2,1H3. The van der Waals surface area contributed by atoms with Crippen molar-refractivity contribution >= 4 is 5.91 Å². The summed E-state index contributed by atoms with van der Waals surface area (Å²) in [6, 6.07) is 14.8. The molecule has 2 aromatic carbocycles. The molecule has 0 aliphatic carbocycles. The maximum Gasteiger partial charge on any atom is 0.330 e. The largest absolute Gasteiger partial charge is 0.370 e. The third kappa shape index (κ3) is 6.51. The predicted molar refractivity (Wildman–Crippen MR) is 109 cm³/mol. The van der Waals surface area contributed by atoms with Crippen molar-refractivity contribution in [3.05, 3.63) is 70.8 Å². The van der Waals surface area contributed by atoms with Gasteiger partial charge in [-0.1, -0.05) is 42.0 Å². The van der Waals surface area contributed by atoms with Gasteiger partial charge in [0.1, 0.15) is 6.61 Å². The Balaban J connectivity index is 1.50. The third-order valence-electron chi connectivity index (χ3n) is 5.24. The highest BCUT2D eigenvalue weighted by molar-refractivity contribution is 5.94. The second-order valence-electron chi connectivity index (χ2n) is 7.81. The first-order valence-corrected chi connectivity index (χ1v) is 10.1. The zero-order valence-electron chi connectivity index (χ0n) is 17.4. The number of amides is 1. The zero-order chi connectivity index (χ0) is 22.4. The van der Waals surface area contributed by atoms with Crippen LogP contribution in [0.25, 0.3) is 0 Å². The molecule has 4 nitrogen and oxygen atoms in total. The Morgan fingerprint density at radius 2 is 1.71 bits per heavy atom. The number of aryl methyl sites for hydroxylation is 1. The van der Waals surface area contributed by atoms with Crippen molar-refractivity contribution in [2.75, 3.05) is 32.8 Å². The van der Waals surface area contributed by atoms with Gasteiger partial charge in [-0.2, -0.15) is 8.78 Å². The second-order valence-corrected chi connectivity index (χ2v) is 7.81. The molecule has 1 saturated heterocycles. The Labute approximate surface area is 179 Å². The summed E-state index contributed by atoms with van der Waals surface area (Å²) in [7, 11) is 0. The Hall–Kier alpha value is -2.45. The Bertz CT molecular complexity index is 866. The number of ether oxygens (including phenoxy) is 1. The Morgan fingerprint density at radius 3 is 2.35 bits per heavy atom. The molecule has 31 heavy (non-hydrogen) atoms. The Morgan fingerprint density at radius 1 is 1.03 bits per heavy atom. The highest BCUT2D eigenvalue weighted by atomic mass is 19.3. The number of nitrogens with zero attached hydrogens (tertiary/aromatic N) is 2. The van der Waals surface area contributed by atoms with E-state index in [1.165, 1.54) is 11.1 Å². The molecule has 1 heterocycles. The van der Waals surface area contributed by atoms with Gasteiger partial charge in [-0.3, -0.25) is 9.69 Å². The average Bonchev–Trinajstić information content (AvgIpc) is 2.75. The summed E-state index contributed by atoms with van der Waals surface area (Å²) in [5, 5.41) is 0. The fourth-order valence-corrected chi connectivity index (χ4v) is 3.41. The van der Waals surface area contributed by atoms with E-state index in [-0.39, 0.29) is 12.5 Å². The first-order chi connectivity index (χ1) is 14.7. The molecular formula is C23H26F4N2O2. The molecule has 0 aromatic heterocycles. The highest BCUT2D eigenvalue weighted by Crippen LogP contribution is 2.23. The average molecular weight is 438 g/mol. The molecule has 0 spiro atoms. The van der Waals surface area contributed by atoms with E-state index in [0.29, 0.717) is 24.2 Å². The van der Waals surface area contributed by atoms with Crippen molar-refractivity contribution in [1.82, 2.24) is 9.80 Å². The molecule has 3 rings (SSSR count). The summed E-state index contributed by atoms with van der Waals surface area (Å²) >= 11 is 0. The lowest BCUT2D eigenvalue weighted by molar-refractivity contribution is -0.168. The van der Waals surface area contributed by atoms with Crippen molar-refractivity contribution in [3.63, 3.8) is 0 Å². The lowest BCUT2D eigenvalue weighted by Gasteiger charge is -2.35. The van der Waals surface area contributed by atoms with Crippen molar-refractivity contribution in [1.29, 1.82) is 0 Å². The van der Waals surface area contributed by atoms with E-state index in [1.54, 1.807) is 29.2 Å². The third-order valence-corrected chi connectivity index (χ3v) is 5.24. The van der Waals surface area contributed by atoms with E-state index in [1.807, 2.05) is 6.92 Å². The molecular weight excluding hydrogens is 412 g/mol. The molecule has 1 aliphatic rings. The molecule has 0 radical (unpaired) electrons. The smallest absolute Gasteiger partial charge is 0.330 e. The number of rotatable bonds is 8. The van der Waals surface area contributed by atoms with Gasteiger partial charge in [0.15, 0.2) is 0 Å². The molecule has 0 N–H and O–H groups in total. The molecule has 0 saturated carbocycles. The lowest BCUT2D eigenvalue weighted by atomic mass is 10.1. The zero-order valence-corrected chi connectivity index (χ0v) is 17.4. The number of halogens is 4. The molecule has 1 aliphatic heterocycles. The van der Waals surface area contributed by atoms with Crippen molar-refractivity contribution in [2.24, 2.45) is 0 Å². The minimum absolute atomic E-state index is 0.144. The van der Waals surface area contributed by atoms with Gasteiger partial charge in [0.05, 0.1) is 6.61 Å². The van der Waals surface area contributed by atoms with Crippen molar-refractivity contribution < 1.29 is 27.1 Å². The maximum absolute atomic E-state index is 12.9. The van der Waals surface area contributed by atoms with E-state index < -0.39 is 19.0 Å². The molecule has 0 atom stereocenters. The van der Waals surface area contributed by atoms with Crippen LogP contribution in [-0.4, -0.2) is 60.8 Å². The number of carbonyl (C=O) groups excluding carboxylic acids is 1. The molecule has 0 bridgehead atoms. The molecule has 168 valence electrons. The summed E-state index contributed by atoms with van der Waals surface area (Å²) in [5.74, 6) is -4.33. The number of alkyl halides is 4. The van der Waals surface area contributed by atoms with Crippen LogP contribution in [0.2, 0.25) is 0 Å². The Kier molecular flexibility index (Phi) is 7.67. The number of piperazine rings is 1. The van der Waals surface area contributed by atoms with E-state index in [2.05, 4.69) is 29.2 Å². The summed E-state index contributed by atoms with van der Waals surface area (Å²) in [5.41, 5.74) is 3.35. The minimum atomic E-state index is -4.19. The first kappa shape index (κ1) is 23.2. The number of benzene rings is 2. The molecule has 8 heteroatoms. The van der Waals surface area contributed by atoms with Crippen LogP contribution in [0.3, 0.4) is 0 Å². The maximum atomic E-state index is 12.9. The molecule has 1 amide bonds. The SMILES string of the molecule is Cc1ccc(CN2CCN(C(=O)c3cccc(COCC(F)(F)C(F)F)c3)CC2)cc1. The molecule has 0 unspecified atom stereocenters. The van der Waals surface area contributed by atoms with Crippen LogP contribution in [0, 0.1) is 6.92 Å². The minimum Gasteiger partial charge on any atom is -0.370 e. The molecule has 1 fully saturated rings. The number of hydrogen-bond acceptors (Lipinski definition) is 3. The second kappa shape index (κ2) is 10.2. The number of carbonyl (C=O) groups is 1. The van der Waals surface area contributed by atoms with Crippen LogP contribution in [0.1, 0.15) is 27.0 Å². The van der Waals surface area contributed by atoms with Gasteiger partial charge in [-0.25, -0.2) is 8.78 Å². The quantitative estimate of drug-likeness (QED) is 0.574. The van der Waals surface area contributed by atoms with E-state index in [0.717, 1.165) is 19.6 Å². The normalized spacial score (nSPS) is 15.5. The first-order valence-electron chi connectivity index (χ1n) is 10.1. The monoisotopic (exact) mass is 438 g/mol. The van der Waals surface area contributed by atoms with E-state index in [4.69, 9.17) is 4.74 Å². The summed E-state index contributed by atoms with van der Waals surface area (Å²) in [4.78, 5) is 16.9. The van der Waals surface area contributed by atoms with Gasteiger partial charge in [0.2, 0.25) is 0 Å². The van der Waals surface area contributed by atoms with Gasteiger partial charge in [-0.05, 0) is 30.2 Å². The predicted octanol–water partition coefficient (Wildman–Crippen LogP) is 4.37. The van der Waals surface area contributed by atoms with E-state index in [9.17, 15) is 22.4 Å². The summed E-state index contributed by atoms with van der Waals surface area (Å²) < 4.78 is 55.0. The van der Waals surface area contributed by atoms with Gasteiger partial charge in [0, 0.05) is 38.3 Å².